The van der Waals surface area contributed by atoms with Crippen LogP contribution in [0.5, 0.6) is 0 Å². The van der Waals surface area contributed by atoms with E-state index in [9.17, 15) is 4.39 Å². The van der Waals surface area contributed by atoms with Gasteiger partial charge in [-0.05, 0) is 55.8 Å². The smallest absolute Gasteiger partial charge is 0.126 e. The minimum atomic E-state index is -0.149. The Morgan fingerprint density at radius 2 is 2.00 bits per heavy atom. The van der Waals surface area contributed by atoms with Crippen LogP contribution in [0.4, 0.5) is 4.39 Å². The second kappa shape index (κ2) is 6.86. The average molecular weight is 290 g/mol. The van der Waals surface area contributed by atoms with Gasteiger partial charge in [0.2, 0.25) is 0 Å². The van der Waals surface area contributed by atoms with E-state index in [1.807, 2.05) is 18.2 Å². The summed E-state index contributed by atoms with van der Waals surface area (Å²) in [4.78, 5) is 6.21. The van der Waals surface area contributed by atoms with Crippen molar-refractivity contribution in [2.45, 2.75) is 36.6 Å². The number of nitrogens with one attached hydrogen (secondary N) is 1. The first kappa shape index (κ1) is 15.0. The van der Waals surface area contributed by atoms with Crippen LogP contribution < -0.4 is 5.32 Å². The molecule has 4 heteroatoms. The number of rotatable bonds is 5. The van der Waals surface area contributed by atoms with Gasteiger partial charge in [0.05, 0.1) is 0 Å². The Kier molecular flexibility index (Phi) is 5.15. The molecule has 0 saturated heterocycles. The highest BCUT2D eigenvalue weighted by molar-refractivity contribution is 7.99. The van der Waals surface area contributed by atoms with Crippen molar-refractivity contribution in [3.63, 3.8) is 0 Å². The third-order valence-corrected chi connectivity index (χ3v) is 4.23. The highest BCUT2D eigenvalue weighted by Gasteiger charge is 2.14. The van der Waals surface area contributed by atoms with Gasteiger partial charge in [0.25, 0.3) is 0 Å². The van der Waals surface area contributed by atoms with Gasteiger partial charge in [-0.2, -0.15) is 0 Å². The molecule has 0 fully saturated rings. The molecule has 20 heavy (non-hydrogen) atoms. The zero-order valence-corrected chi connectivity index (χ0v) is 12.8. The number of nitrogens with zero attached hydrogens (tertiary/aromatic N) is 1. The predicted molar refractivity (Wildman–Crippen MR) is 81.6 cm³/mol. The molecule has 0 aliphatic carbocycles. The first-order chi connectivity index (χ1) is 9.61. The van der Waals surface area contributed by atoms with Crippen LogP contribution in [0.3, 0.4) is 0 Å². The average Bonchev–Trinajstić information content (AvgIpc) is 2.44. The second-order valence-electron chi connectivity index (χ2n) is 4.70. The maximum Gasteiger partial charge on any atom is 0.126 e. The molecular weight excluding hydrogens is 271 g/mol. The van der Waals surface area contributed by atoms with Crippen LogP contribution >= 0.6 is 11.8 Å². The highest BCUT2D eigenvalue weighted by Crippen LogP contribution is 2.34. The zero-order valence-electron chi connectivity index (χ0n) is 12.0. The summed E-state index contributed by atoms with van der Waals surface area (Å²) < 4.78 is 13.9. The van der Waals surface area contributed by atoms with Crippen LogP contribution in [0, 0.1) is 12.7 Å². The molecule has 1 N–H and O–H groups in total. The van der Waals surface area contributed by atoms with Crippen LogP contribution in [0.15, 0.2) is 46.5 Å². The molecule has 1 aromatic carbocycles. The zero-order chi connectivity index (χ0) is 14.5. The topological polar surface area (TPSA) is 24.9 Å². The maximum atomic E-state index is 13.9. The van der Waals surface area contributed by atoms with Crippen LogP contribution in [0.1, 0.15) is 31.0 Å². The SMILES string of the molecule is CCNC(C)c1cc(F)c(C)cc1Sc1ccncc1. The van der Waals surface area contributed by atoms with Gasteiger partial charge in [0, 0.05) is 28.2 Å². The van der Waals surface area contributed by atoms with Gasteiger partial charge in [-0.15, -0.1) is 0 Å². The standard InChI is InChI=1S/C16H19FN2S/c1-4-19-12(3)14-10-15(17)11(2)9-16(14)20-13-5-7-18-8-6-13/h5-10,12,19H,4H2,1-3H3. The van der Waals surface area contributed by atoms with Gasteiger partial charge in [0.1, 0.15) is 5.82 Å². The molecule has 1 aromatic heterocycles. The Labute approximate surface area is 123 Å². The van der Waals surface area contributed by atoms with Crippen molar-refractivity contribution < 1.29 is 4.39 Å². The monoisotopic (exact) mass is 290 g/mol. The fourth-order valence-corrected chi connectivity index (χ4v) is 3.15. The van der Waals surface area contributed by atoms with E-state index in [0.29, 0.717) is 5.56 Å². The summed E-state index contributed by atoms with van der Waals surface area (Å²) in [5.41, 5.74) is 1.67. The largest absolute Gasteiger partial charge is 0.310 e. The molecular formula is C16H19FN2S. The van der Waals surface area contributed by atoms with Gasteiger partial charge < -0.3 is 5.32 Å². The Balaban J connectivity index is 2.37. The van der Waals surface area contributed by atoms with E-state index in [2.05, 4.69) is 24.1 Å². The summed E-state index contributed by atoms with van der Waals surface area (Å²) in [5.74, 6) is -0.149. The molecule has 2 nitrogen and oxygen atoms in total. The first-order valence-electron chi connectivity index (χ1n) is 6.73. The molecule has 1 atom stereocenters. The molecule has 1 heterocycles. The number of aryl methyl sites for hydroxylation is 1. The predicted octanol–water partition coefficient (Wildman–Crippen LogP) is 4.35. The van der Waals surface area contributed by atoms with E-state index in [-0.39, 0.29) is 11.9 Å². The van der Waals surface area contributed by atoms with Crippen LogP contribution in [0.2, 0.25) is 0 Å². The molecule has 0 aliphatic heterocycles. The Hall–Kier alpha value is -1.39. The molecule has 1 unspecified atom stereocenters. The Morgan fingerprint density at radius 3 is 2.65 bits per heavy atom. The molecule has 0 saturated carbocycles. The lowest BCUT2D eigenvalue weighted by molar-refractivity contribution is 0.571. The fourth-order valence-electron chi connectivity index (χ4n) is 2.05. The quantitative estimate of drug-likeness (QED) is 0.886. The lowest BCUT2D eigenvalue weighted by atomic mass is 10.1. The number of halogens is 1. The summed E-state index contributed by atoms with van der Waals surface area (Å²) in [6.45, 7) is 6.77. The molecule has 0 spiro atoms. The lowest BCUT2D eigenvalue weighted by Gasteiger charge is -2.18. The van der Waals surface area contributed by atoms with E-state index < -0.39 is 0 Å². The minimum Gasteiger partial charge on any atom is -0.310 e. The van der Waals surface area contributed by atoms with Crippen molar-refractivity contribution in [3.05, 3.63) is 53.6 Å². The molecule has 0 aliphatic rings. The van der Waals surface area contributed by atoms with Gasteiger partial charge in [-0.25, -0.2) is 4.39 Å². The molecule has 2 rings (SSSR count). The van der Waals surface area contributed by atoms with Crippen LogP contribution in [0.25, 0.3) is 0 Å². The molecule has 0 radical (unpaired) electrons. The van der Waals surface area contributed by atoms with Gasteiger partial charge in [-0.3, -0.25) is 4.98 Å². The number of aromatic nitrogens is 1. The molecule has 2 aromatic rings. The summed E-state index contributed by atoms with van der Waals surface area (Å²) >= 11 is 1.64. The van der Waals surface area contributed by atoms with E-state index in [1.54, 1.807) is 37.1 Å². The van der Waals surface area contributed by atoms with E-state index >= 15 is 0 Å². The molecule has 0 bridgehead atoms. The lowest BCUT2D eigenvalue weighted by Crippen LogP contribution is -2.18. The number of benzene rings is 1. The van der Waals surface area contributed by atoms with Gasteiger partial charge >= 0.3 is 0 Å². The first-order valence-corrected chi connectivity index (χ1v) is 7.54. The summed E-state index contributed by atoms with van der Waals surface area (Å²) in [5, 5.41) is 3.34. The summed E-state index contributed by atoms with van der Waals surface area (Å²) in [6, 6.07) is 7.62. The van der Waals surface area contributed by atoms with Gasteiger partial charge in [0.15, 0.2) is 0 Å². The van der Waals surface area contributed by atoms with Crippen molar-refractivity contribution in [3.8, 4) is 0 Å². The fraction of sp³-hybridized carbons (Fsp3) is 0.312. The minimum absolute atomic E-state index is 0.124. The van der Waals surface area contributed by atoms with E-state index in [4.69, 9.17) is 0 Å². The van der Waals surface area contributed by atoms with Gasteiger partial charge in [-0.1, -0.05) is 18.7 Å². The van der Waals surface area contributed by atoms with Crippen LogP contribution in [-0.2, 0) is 0 Å². The van der Waals surface area contributed by atoms with Crippen molar-refractivity contribution in [1.29, 1.82) is 0 Å². The van der Waals surface area contributed by atoms with Crippen molar-refractivity contribution >= 4 is 11.8 Å². The van der Waals surface area contributed by atoms with E-state index in [1.165, 1.54) is 0 Å². The maximum absolute atomic E-state index is 13.9. The number of pyridine rings is 1. The number of hydrogen-bond donors (Lipinski definition) is 1. The third kappa shape index (κ3) is 3.58. The van der Waals surface area contributed by atoms with Crippen molar-refractivity contribution in [2.24, 2.45) is 0 Å². The highest BCUT2D eigenvalue weighted by atomic mass is 32.2. The normalized spacial score (nSPS) is 12.4. The van der Waals surface area contributed by atoms with Crippen LogP contribution in [-0.4, -0.2) is 11.5 Å². The Morgan fingerprint density at radius 1 is 1.30 bits per heavy atom. The number of hydrogen-bond acceptors (Lipinski definition) is 3. The summed E-state index contributed by atoms with van der Waals surface area (Å²) in [7, 11) is 0. The second-order valence-corrected chi connectivity index (χ2v) is 5.82. The molecule has 0 amide bonds. The third-order valence-electron chi connectivity index (χ3n) is 3.15. The van der Waals surface area contributed by atoms with E-state index in [0.717, 1.165) is 21.9 Å². The van der Waals surface area contributed by atoms with Crippen molar-refractivity contribution in [2.75, 3.05) is 6.54 Å². The Bertz CT molecular complexity index is 572. The summed E-state index contributed by atoms with van der Waals surface area (Å²) in [6.07, 6.45) is 3.54. The molecule has 106 valence electrons. The van der Waals surface area contributed by atoms with Crippen molar-refractivity contribution in [1.82, 2.24) is 10.3 Å².